The Hall–Kier alpha value is -4.75. The molecular weight excluding hydrogens is 583 g/mol. The van der Waals surface area contributed by atoms with Crippen molar-refractivity contribution in [3.8, 4) is 0 Å². The van der Waals surface area contributed by atoms with E-state index in [2.05, 4.69) is 10.9 Å². The molecule has 0 aliphatic rings. The van der Waals surface area contributed by atoms with Gasteiger partial charge in [-0.25, -0.2) is 4.39 Å². The number of amides is 2. The van der Waals surface area contributed by atoms with Crippen molar-refractivity contribution in [2.45, 2.75) is 28.2 Å². The summed E-state index contributed by atoms with van der Waals surface area (Å²) in [7, 11) is 0. The minimum atomic E-state index is -0.826. The van der Waals surface area contributed by atoms with E-state index in [1.165, 1.54) is 48.2 Å². The van der Waals surface area contributed by atoms with Gasteiger partial charge in [-0.15, -0.1) is 23.5 Å². The summed E-state index contributed by atoms with van der Waals surface area (Å²) in [5.74, 6) is -1.28. The molecule has 2 N–H and O–H groups in total. The number of hydrogen-bond acceptors (Lipinski definition) is 8. The number of carbonyl (C=O) groups excluding carboxylic acids is 2. The summed E-state index contributed by atoms with van der Waals surface area (Å²) in [6.07, 6.45) is 0. The number of hydrogen-bond donors (Lipinski definition) is 2. The van der Waals surface area contributed by atoms with Crippen molar-refractivity contribution in [3.05, 3.63) is 139 Å². The molecule has 42 heavy (non-hydrogen) atoms. The normalized spacial score (nSPS) is 10.6. The third kappa shape index (κ3) is 7.92. The molecule has 214 valence electrons. The van der Waals surface area contributed by atoms with E-state index in [1.54, 1.807) is 12.1 Å². The quantitative estimate of drug-likeness (QED) is 0.117. The molecular formula is C29H23FN4O6S2. The Morgan fingerprint density at radius 3 is 1.69 bits per heavy atom. The lowest BCUT2D eigenvalue weighted by Crippen LogP contribution is -2.41. The van der Waals surface area contributed by atoms with Crippen molar-refractivity contribution in [1.29, 1.82) is 0 Å². The lowest BCUT2D eigenvalue weighted by atomic mass is 10.2. The fraction of sp³-hybridized carbons (Fsp3) is 0.103. The minimum absolute atomic E-state index is 0.0586. The summed E-state index contributed by atoms with van der Waals surface area (Å²) in [5, 5.41) is 23.3. The number of thioether (sulfide) groups is 2. The van der Waals surface area contributed by atoms with E-state index in [1.807, 2.05) is 31.2 Å². The number of aryl methyl sites for hydroxylation is 1. The van der Waals surface area contributed by atoms with Crippen molar-refractivity contribution in [2.75, 3.05) is 0 Å². The molecule has 2 amide bonds. The van der Waals surface area contributed by atoms with Gasteiger partial charge in [-0.1, -0.05) is 42.0 Å². The molecule has 10 nitrogen and oxygen atoms in total. The highest BCUT2D eigenvalue weighted by atomic mass is 32.2. The minimum Gasteiger partial charge on any atom is -0.267 e. The predicted molar refractivity (Wildman–Crippen MR) is 158 cm³/mol. The largest absolute Gasteiger partial charge is 0.283 e. The first kappa shape index (κ1) is 30.2. The molecule has 4 aromatic carbocycles. The second-order valence-electron chi connectivity index (χ2n) is 8.98. The number of nitrogens with zero attached hydrogens (tertiary/aromatic N) is 2. The molecule has 0 aliphatic heterocycles. The Morgan fingerprint density at radius 2 is 1.21 bits per heavy atom. The maximum atomic E-state index is 13.4. The van der Waals surface area contributed by atoms with E-state index in [0.29, 0.717) is 16.2 Å². The number of hydrazine groups is 1. The van der Waals surface area contributed by atoms with E-state index in [-0.39, 0.29) is 33.2 Å². The Bertz CT molecular complexity index is 1670. The lowest BCUT2D eigenvalue weighted by Gasteiger charge is -2.10. The summed E-state index contributed by atoms with van der Waals surface area (Å²) in [6.45, 7) is 1.96. The highest BCUT2D eigenvalue weighted by molar-refractivity contribution is 7.99. The molecule has 0 saturated carbocycles. The van der Waals surface area contributed by atoms with Gasteiger partial charge in [0.2, 0.25) is 0 Å². The summed E-state index contributed by atoms with van der Waals surface area (Å²) in [5.41, 5.74) is 6.35. The average molecular weight is 607 g/mol. The fourth-order valence-corrected chi connectivity index (χ4v) is 5.65. The van der Waals surface area contributed by atoms with Crippen molar-refractivity contribution >= 4 is 46.7 Å². The van der Waals surface area contributed by atoms with Gasteiger partial charge in [-0.3, -0.25) is 40.7 Å². The van der Waals surface area contributed by atoms with Crippen LogP contribution in [0.25, 0.3) is 0 Å². The molecule has 0 saturated heterocycles. The maximum Gasteiger partial charge on any atom is 0.283 e. The van der Waals surface area contributed by atoms with Gasteiger partial charge >= 0.3 is 0 Å². The van der Waals surface area contributed by atoms with Gasteiger partial charge in [0.15, 0.2) is 0 Å². The van der Waals surface area contributed by atoms with Crippen LogP contribution in [0.5, 0.6) is 0 Å². The summed E-state index contributed by atoms with van der Waals surface area (Å²) < 4.78 is 13.4. The number of halogens is 1. The Balaban J connectivity index is 1.40. The molecule has 0 spiro atoms. The smallest absolute Gasteiger partial charge is 0.267 e. The highest BCUT2D eigenvalue weighted by Crippen LogP contribution is 2.33. The predicted octanol–water partition coefficient (Wildman–Crippen LogP) is 6.61. The average Bonchev–Trinajstić information content (AvgIpc) is 2.98. The van der Waals surface area contributed by atoms with Gasteiger partial charge in [0.05, 0.1) is 19.6 Å². The van der Waals surface area contributed by atoms with Crippen molar-refractivity contribution in [3.63, 3.8) is 0 Å². The summed E-state index contributed by atoms with van der Waals surface area (Å²) in [6, 6.07) is 21.5. The number of carbonyl (C=O) groups is 2. The number of nitrogens with one attached hydrogen (secondary N) is 2. The van der Waals surface area contributed by atoms with E-state index < -0.39 is 27.5 Å². The lowest BCUT2D eigenvalue weighted by molar-refractivity contribution is -0.387. The maximum absolute atomic E-state index is 13.4. The Labute approximate surface area is 248 Å². The molecule has 0 aromatic heterocycles. The third-order valence-electron chi connectivity index (χ3n) is 5.92. The van der Waals surface area contributed by atoms with Crippen LogP contribution in [0.3, 0.4) is 0 Å². The molecule has 0 heterocycles. The van der Waals surface area contributed by atoms with Crippen LogP contribution in [0.4, 0.5) is 15.8 Å². The first-order valence-electron chi connectivity index (χ1n) is 12.3. The van der Waals surface area contributed by atoms with Crippen molar-refractivity contribution in [2.24, 2.45) is 0 Å². The van der Waals surface area contributed by atoms with Crippen LogP contribution in [0.2, 0.25) is 0 Å². The monoisotopic (exact) mass is 606 g/mol. The SMILES string of the molecule is Cc1ccc(CSc2ccc(C(=O)NNC(=O)c3ccc(SCc4cccc(F)c4)c([N+](=O)[O-])c3)cc2[N+](=O)[O-])cc1. The molecule has 0 aliphatic carbocycles. The fourth-order valence-electron chi connectivity index (χ4n) is 3.74. The van der Waals surface area contributed by atoms with Gasteiger partial charge < -0.3 is 0 Å². The third-order valence-corrected chi connectivity index (χ3v) is 8.19. The first-order chi connectivity index (χ1) is 20.1. The number of rotatable bonds is 10. The topological polar surface area (TPSA) is 144 Å². The van der Waals surface area contributed by atoms with Crippen LogP contribution >= 0.6 is 23.5 Å². The van der Waals surface area contributed by atoms with Gasteiger partial charge in [0, 0.05) is 34.8 Å². The zero-order chi connectivity index (χ0) is 30.2. The summed E-state index contributed by atoms with van der Waals surface area (Å²) in [4.78, 5) is 48.1. The second kappa shape index (κ2) is 13.7. The van der Waals surface area contributed by atoms with E-state index in [0.717, 1.165) is 35.0 Å². The molecule has 4 aromatic rings. The number of nitro groups is 2. The Kier molecular flexibility index (Phi) is 9.89. The van der Waals surface area contributed by atoms with Crippen molar-refractivity contribution < 1.29 is 23.8 Å². The van der Waals surface area contributed by atoms with E-state index >= 15 is 0 Å². The standard InChI is InChI=1S/C29H23FN4O6S2/c1-18-5-7-19(8-6-18)16-41-26-11-9-21(14-24(26)33(37)38)28(35)31-32-29(36)22-10-12-27(25(15-22)34(39)40)42-17-20-3-2-4-23(30)13-20/h2-15H,16-17H2,1H3,(H,31,35)(H,32,36). The number of nitro benzene ring substituents is 2. The molecule has 0 atom stereocenters. The van der Waals surface area contributed by atoms with Crippen LogP contribution in [0.15, 0.2) is 94.7 Å². The van der Waals surface area contributed by atoms with Crippen LogP contribution in [-0.2, 0) is 11.5 Å². The first-order valence-corrected chi connectivity index (χ1v) is 14.3. The van der Waals surface area contributed by atoms with Crippen molar-refractivity contribution in [1.82, 2.24) is 10.9 Å². The van der Waals surface area contributed by atoms with E-state index in [4.69, 9.17) is 0 Å². The van der Waals surface area contributed by atoms with Gasteiger partial charge in [0.25, 0.3) is 23.2 Å². The molecule has 0 unspecified atom stereocenters. The van der Waals surface area contributed by atoms with Gasteiger partial charge in [-0.2, -0.15) is 0 Å². The van der Waals surface area contributed by atoms with E-state index in [9.17, 15) is 34.2 Å². The highest BCUT2D eigenvalue weighted by Gasteiger charge is 2.21. The van der Waals surface area contributed by atoms with Crippen LogP contribution < -0.4 is 10.9 Å². The van der Waals surface area contributed by atoms with Gasteiger partial charge in [0.1, 0.15) is 5.82 Å². The molecule has 0 bridgehead atoms. The number of benzene rings is 4. The summed E-state index contributed by atoms with van der Waals surface area (Å²) >= 11 is 2.38. The zero-order valence-electron chi connectivity index (χ0n) is 22.0. The second-order valence-corrected chi connectivity index (χ2v) is 11.0. The van der Waals surface area contributed by atoms with Crippen LogP contribution in [-0.4, -0.2) is 21.7 Å². The van der Waals surface area contributed by atoms with Crippen LogP contribution in [0.1, 0.15) is 37.4 Å². The molecule has 0 radical (unpaired) electrons. The zero-order valence-corrected chi connectivity index (χ0v) is 23.7. The van der Waals surface area contributed by atoms with Crippen LogP contribution in [0, 0.1) is 33.0 Å². The van der Waals surface area contributed by atoms with Gasteiger partial charge in [-0.05, 0) is 54.4 Å². The molecule has 4 rings (SSSR count). The molecule has 13 heteroatoms. The Morgan fingerprint density at radius 1 is 0.714 bits per heavy atom. The molecule has 0 fully saturated rings.